The van der Waals surface area contributed by atoms with Crippen molar-refractivity contribution in [2.24, 2.45) is 0 Å². The van der Waals surface area contributed by atoms with Gasteiger partial charge in [-0.3, -0.25) is 0 Å². The van der Waals surface area contributed by atoms with Gasteiger partial charge in [-0.15, -0.1) is 0 Å². The molecule has 1 N–H and O–H groups in total. The van der Waals surface area contributed by atoms with Gasteiger partial charge in [0.2, 0.25) is 5.89 Å². The summed E-state index contributed by atoms with van der Waals surface area (Å²) in [7, 11) is 0. The molecule has 1 saturated heterocycles. The summed E-state index contributed by atoms with van der Waals surface area (Å²) >= 11 is 6.14. The van der Waals surface area contributed by atoms with Crippen LogP contribution in [0.25, 0.3) is 0 Å². The average Bonchev–Trinajstić information content (AvgIpc) is 2.91. The number of aromatic nitrogens is 2. The molecule has 5 heteroatoms. The molecule has 0 aliphatic carbocycles. The summed E-state index contributed by atoms with van der Waals surface area (Å²) in [6.45, 7) is 2.04. The maximum absolute atomic E-state index is 6.14. The lowest BCUT2D eigenvalue weighted by Crippen LogP contribution is -2.26. The predicted octanol–water partition coefficient (Wildman–Crippen LogP) is 2.78. The second kappa shape index (κ2) is 5.72. The van der Waals surface area contributed by atoms with Gasteiger partial charge in [0.25, 0.3) is 0 Å². The Hall–Kier alpha value is -1.39. The summed E-state index contributed by atoms with van der Waals surface area (Å²) in [6, 6.07) is 7.76. The van der Waals surface area contributed by atoms with E-state index in [0.717, 1.165) is 42.4 Å². The minimum atomic E-state index is 0.397. The fraction of sp³-hybridized carbons (Fsp3) is 0.429. The quantitative estimate of drug-likeness (QED) is 0.937. The molecule has 0 bridgehead atoms. The molecular weight excluding hydrogens is 262 g/mol. The monoisotopic (exact) mass is 277 g/mol. The van der Waals surface area contributed by atoms with Crippen LogP contribution in [-0.2, 0) is 6.42 Å². The van der Waals surface area contributed by atoms with Crippen molar-refractivity contribution in [3.05, 3.63) is 46.6 Å². The zero-order valence-corrected chi connectivity index (χ0v) is 11.4. The molecule has 3 rings (SSSR count). The summed E-state index contributed by atoms with van der Waals surface area (Å²) in [5, 5.41) is 8.14. The summed E-state index contributed by atoms with van der Waals surface area (Å²) in [5.74, 6) is 1.87. The van der Waals surface area contributed by atoms with Crippen molar-refractivity contribution in [1.29, 1.82) is 0 Å². The van der Waals surface area contributed by atoms with Crippen LogP contribution >= 0.6 is 11.6 Å². The van der Waals surface area contributed by atoms with Crippen LogP contribution in [0.2, 0.25) is 5.02 Å². The molecule has 0 unspecified atom stereocenters. The SMILES string of the molecule is Clc1ccccc1Cc1noc(C2CCNCC2)n1. The van der Waals surface area contributed by atoms with Gasteiger partial charge in [0, 0.05) is 17.4 Å². The Bertz CT molecular complexity index is 549. The fourth-order valence-electron chi connectivity index (χ4n) is 2.39. The Balaban J connectivity index is 1.73. The van der Waals surface area contributed by atoms with E-state index in [0.29, 0.717) is 18.2 Å². The van der Waals surface area contributed by atoms with Gasteiger partial charge >= 0.3 is 0 Å². The maximum atomic E-state index is 6.14. The van der Waals surface area contributed by atoms with Crippen molar-refractivity contribution < 1.29 is 4.52 Å². The van der Waals surface area contributed by atoms with Crippen molar-refractivity contribution in [3.63, 3.8) is 0 Å². The van der Waals surface area contributed by atoms with Gasteiger partial charge in [0.15, 0.2) is 5.82 Å². The predicted molar refractivity (Wildman–Crippen MR) is 73.4 cm³/mol. The Morgan fingerprint density at radius 3 is 2.84 bits per heavy atom. The highest BCUT2D eigenvalue weighted by Crippen LogP contribution is 2.24. The topological polar surface area (TPSA) is 51.0 Å². The number of nitrogens with one attached hydrogen (secondary N) is 1. The standard InChI is InChI=1S/C14H16ClN3O/c15-12-4-2-1-3-11(12)9-13-17-14(19-18-13)10-5-7-16-8-6-10/h1-4,10,16H,5-9H2. The Labute approximate surface area is 117 Å². The Morgan fingerprint density at radius 2 is 2.05 bits per heavy atom. The first kappa shape index (κ1) is 12.6. The van der Waals surface area contributed by atoms with Gasteiger partial charge in [0.05, 0.1) is 0 Å². The van der Waals surface area contributed by atoms with Gasteiger partial charge in [-0.05, 0) is 37.6 Å². The van der Waals surface area contributed by atoms with Gasteiger partial charge < -0.3 is 9.84 Å². The van der Waals surface area contributed by atoms with E-state index in [1.54, 1.807) is 0 Å². The molecule has 0 radical (unpaired) electrons. The average molecular weight is 278 g/mol. The summed E-state index contributed by atoms with van der Waals surface area (Å²) in [4.78, 5) is 4.51. The molecule has 1 aromatic carbocycles. The minimum absolute atomic E-state index is 0.397. The number of piperidine rings is 1. The molecule has 1 aliphatic rings. The number of benzene rings is 1. The molecule has 1 fully saturated rings. The van der Waals surface area contributed by atoms with E-state index in [1.165, 1.54) is 0 Å². The lowest BCUT2D eigenvalue weighted by Gasteiger charge is -2.18. The van der Waals surface area contributed by atoms with Gasteiger partial charge in [-0.1, -0.05) is 35.0 Å². The molecule has 0 saturated carbocycles. The third-order valence-corrected chi connectivity index (χ3v) is 3.85. The zero-order chi connectivity index (χ0) is 13.1. The van der Waals surface area contributed by atoms with Crippen LogP contribution in [-0.4, -0.2) is 23.2 Å². The number of hydrogen-bond donors (Lipinski definition) is 1. The molecular formula is C14H16ClN3O. The smallest absolute Gasteiger partial charge is 0.229 e. The van der Waals surface area contributed by atoms with Crippen molar-refractivity contribution >= 4 is 11.6 Å². The highest BCUT2D eigenvalue weighted by atomic mass is 35.5. The lowest BCUT2D eigenvalue weighted by molar-refractivity contribution is 0.318. The van der Waals surface area contributed by atoms with E-state index in [9.17, 15) is 0 Å². The molecule has 0 amide bonds. The van der Waals surface area contributed by atoms with Crippen LogP contribution in [0.5, 0.6) is 0 Å². The third-order valence-electron chi connectivity index (χ3n) is 3.48. The molecule has 0 atom stereocenters. The van der Waals surface area contributed by atoms with Crippen LogP contribution in [0.4, 0.5) is 0 Å². The molecule has 1 aliphatic heterocycles. The van der Waals surface area contributed by atoms with E-state index >= 15 is 0 Å². The van der Waals surface area contributed by atoms with Crippen LogP contribution in [0.15, 0.2) is 28.8 Å². The molecule has 2 heterocycles. The fourth-order valence-corrected chi connectivity index (χ4v) is 2.59. The van der Waals surface area contributed by atoms with Crippen LogP contribution in [0, 0.1) is 0 Å². The molecule has 100 valence electrons. The van der Waals surface area contributed by atoms with E-state index < -0.39 is 0 Å². The van der Waals surface area contributed by atoms with Crippen molar-refractivity contribution in [2.75, 3.05) is 13.1 Å². The number of rotatable bonds is 3. The minimum Gasteiger partial charge on any atom is -0.339 e. The Kier molecular flexibility index (Phi) is 3.80. The van der Waals surface area contributed by atoms with E-state index in [4.69, 9.17) is 16.1 Å². The molecule has 19 heavy (non-hydrogen) atoms. The van der Waals surface area contributed by atoms with E-state index in [1.807, 2.05) is 24.3 Å². The summed E-state index contributed by atoms with van der Waals surface area (Å²) in [5.41, 5.74) is 1.03. The normalized spacial score (nSPS) is 16.7. The third kappa shape index (κ3) is 2.96. The van der Waals surface area contributed by atoms with Crippen LogP contribution < -0.4 is 5.32 Å². The summed E-state index contributed by atoms with van der Waals surface area (Å²) < 4.78 is 5.38. The van der Waals surface area contributed by atoms with E-state index in [2.05, 4.69) is 15.5 Å². The van der Waals surface area contributed by atoms with Crippen molar-refractivity contribution in [3.8, 4) is 0 Å². The van der Waals surface area contributed by atoms with Crippen molar-refractivity contribution in [1.82, 2.24) is 15.5 Å². The molecule has 4 nitrogen and oxygen atoms in total. The lowest BCUT2D eigenvalue weighted by atomic mass is 9.98. The number of nitrogens with zero attached hydrogens (tertiary/aromatic N) is 2. The van der Waals surface area contributed by atoms with Crippen LogP contribution in [0.3, 0.4) is 0 Å². The Morgan fingerprint density at radius 1 is 1.26 bits per heavy atom. The number of hydrogen-bond acceptors (Lipinski definition) is 4. The van der Waals surface area contributed by atoms with Crippen LogP contribution in [0.1, 0.15) is 36.0 Å². The van der Waals surface area contributed by atoms with Gasteiger partial charge in [0.1, 0.15) is 0 Å². The maximum Gasteiger partial charge on any atom is 0.229 e. The first-order valence-electron chi connectivity index (χ1n) is 6.59. The molecule has 2 aromatic rings. The first-order chi connectivity index (χ1) is 9.33. The largest absolute Gasteiger partial charge is 0.339 e. The first-order valence-corrected chi connectivity index (χ1v) is 6.97. The highest BCUT2D eigenvalue weighted by Gasteiger charge is 2.21. The zero-order valence-electron chi connectivity index (χ0n) is 10.6. The number of halogens is 1. The second-order valence-corrected chi connectivity index (χ2v) is 5.25. The molecule has 0 spiro atoms. The molecule has 1 aromatic heterocycles. The van der Waals surface area contributed by atoms with Gasteiger partial charge in [-0.2, -0.15) is 4.98 Å². The second-order valence-electron chi connectivity index (χ2n) is 4.84. The summed E-state index contributed by atoms with van der Waals surface area (Å²) in [6.07, 6.45) is 2.75. The van der Waals surface area contributed by atoms with Crippen molar-refractivity contribution in [2.45, 2.75) is 25.2 Å². The van der Waals surface area contributed by atoms with E-state index in [-0.39, 0.29) is 0 Å². The van der Waals surface area contributed by atoms with Gasteiger partial charge in [-0.25, -0.2) is 0 Å². The highest BCUT2D eigenvalue weighted by molar-refractivity contribution is 6.31.